The maximum atomic E-state index is 13.6. The molecule has 0 aromatic heterocycles. The van der Waals surface area contributed by atoms with Gasteiger partial charge in [-0.2, -0.15) is 0 Å². The third kappa shape index (κ3) is 2.25. The summed E-state index contributed by atoms with van der Waals surface area (Å²) >= 11 is 0. The summed E-state index contributed by atoms with van der Waals surface area (Å²) < 4.78 is 18.9. The van der Waals surface area contributed by atoms with Crippen LogP contribution in [0.5, 0.6) is 0 Å². The molecule has 1 aliphatic rings. The van der Waals surface area contributed by atoms with Crippen molar-refractivity contribution in [3.05, 3.63) is 47.0 Å². The van der Waals surface area contributed by atoms with Crippen LogP contribution in [0.3, 0.4) is 0 Å². The molecule has 1 aromatic carbocycles. The molecule has 2 rings (SSSR count). The lowest BCUT2D eigenvalue weighted by Gasteiger charge is -2.20. The zero-order valence-electron chi connectivity index (χ0n) is 9.37. The van der Waals surface area contributed by atoms with E-state index >= 15 is 0 Å². The zero-order chi connectivity index (χ0) is 11.5. The van der Waals surface area contributed by atoms with Crippen molar-refractivity contribution >= 4 is 0 Å². The summed E-state index contributed by atoms with van der Waals surface area (Å²) in [5, 5.41) is 0. The van der Waals surface area contributed by atoms with Gasteiger partial charge in [0.25, 0.3) is 0 Å². The number of ether oxygens (including phenoxy) is 1. The van der Waals surface area contributed by atoms with Crippen molar-refractivity contribution in [2.75, 3.05) is 6.61 Å². The second-order valence-electron chi connectivity index (χ2n) is 4.17. The maximum absolute atomic E-state index is 13.6. The van der Waals surface area contributed by atoms with Crippen molar-refractivity contribution in [2.45, 2.75) is 25.8 Å². The molecular formula is C13H16FNO. The molecular weight excluding hydrogens is 205 g/mol. The summed E-state index contributed by atoms with van der Waals surface area (Å²) in [4.78, 5) is 0. The van der Waals surface area contributed by atoms with Crippen molar-refractivity contribution in [1.29, 1.82) is 0 Å². The fourth-order valence-electron chi connectivity index (χ4n) is 1.91. The number of hydrogen-bond acceptors (Lipinski definition) is 2. The highest BCUT2D eigenvalue weighted by Gasteiger charge is 2.18. The Balaban J connectivity index is 2.29. The van der Waals surface area contributed by atoms with Gasteiger partial charge in [0.2, 0.25) is 0 Å². The Labute approximate surface area is 94.9 Å². The van der Waals surface area contributed by atoms with Gasteiger partial charge in [-0.15, -0.1) is 0 Å². The molecule has 0 radical (unpaired) electrons. The summed E-state index contributed by atoms with van der Waals surface area (Å²) in [6.07, 6.45) is 3.51. The Bertz CT molecular complexity index is 414. The smallest absolute Gasteiger partial charge is 0.128 e. The second-order valence-corrected chi connectivity index (χ2v) is 4.17. The van der Waals surface area contributed by atoms with E-state index in [4.69, 9.17) is 10.5 Å². The van der Waals surface area contributed by atoms with Gasteiger partial charge in [0.1, 0.15) is 5.82 Å². The van der Waals surface area contributed by atoms with Gasteiger partial charge in [0, 0.05) is 5.56 Å². The quantitative estimate of drug-likeness (QED) is 0.833. The van der Waals surface area contributed by atoms with Gasteiger partial charge in [-0.3, -0.25) is 0 Å². The molecule has 16 heavy (non-hydrogen) atoms. The molecule has 2 nitrogen and oxygen atoms in total. The Morgan fingerprint density at radius 1 is 1.44 bits per heavy atom. The molecule has 3 heteroatoms. The number of aryl methyl sites for hydroxylation is 1. The molecule has 1 heterocycles. The predicted molar refractivity (Wildman–Crippen MR) is 61.3 cm³/mol. The van der Waals surface area contributed by atoms with Crippen LogP contribution in [0.2, 0.25) is 0 Å². The minimum atomic E-state index is -0.389. The SMILES string of the molecule is Cc1ccc(F)c(C(N)C2=COCCC2)c1. The van der Waals surface area contributed by atoms with Crippen LogP contribution in [0.1, 0.15) is 30.0 Å². The molecule has 1 unspecified atom stereocenters. The first-order chi connectivity index (χ1) is 7.68. The first-order valence-corrected chi connectivity index (χ1v) is 5.50. The molecule has 0 saturated heterocycles. The highest BCUT2D eigenvalue weighted by Crippen LogP contribution is 2.27. The fraction of sp³-hybridized carbons (Fsp3) is 0.385. The van der Waals surface area contributed by atoms with Gasteiger partial charge in [0.15, 0.2) is 0 Å². The number of nitrogens with two attached hydrogens (primary N) is 1. The molecule has 1 atom stereocenters. The van der Waals surface area contributed by atoms with E-state index in [0.717, 1.165) is 30.6 Å². The molecule has 0 amide bonds. The van der Waals surface area contributed by atoms with Gasteiger partial charge >= 0.3 is 0 Å². The van der Waals surface area contributed by atoms with Crippen LogP contribution >= 0.6 is 0 Å². The van der Waals surface area contributed by atoms with Crippen molar-refractivity contribution in [3.8, 4) is 0 Å². The van der Waals surface area contributed by atoms with E-state index in [0.29, 0.717) is 5.56 Å². The average Bonchev–Trinajstić information content (AvgIpc) is 2.32. The lowest BCUT2D eigenvalue weighted by Crippen LogP contribution is -2.17. The summed E-state index contributed by atoms with van der Waals surface area (Å²) in [5.74, 6) is -0.246. The maximum Gasteiger partial charge on any atom is 0.128 e. The Hall–Kier alpha value is -1.35. The minimum Gasteiger partial charge on any atom is -0.501 e. The molecule has 0 aliphatic carbocycles. The third-order valence-corrected chi connectivity index (χ3v) is 2.85. The van der Waals surface area contributed by atoms with Crippen LogP contribution in [0, 0.1) is 12.7 Å². The Morgan fingerprint density at radius 3 is 2.94 bits per heavy atom. The monoisotopic (exact) mass is 221 g/mol. The topological polar surface area (TPSA) is 35.2 Å². The molecule has 0 saturated carbocycles. The van der Waals surface area contributed by atoms with Crippen molar-refractivity contribution in [1.82, 2.24) is 0 Å². The molecule has 1 aliphatic heterocycles. The lowest BCUT2D eigenvalue weighted by molar-refractivity contribution is 0.221. The molecule has 86 valence electrons. The van der Waals surface area contributed by atoms with E-state index in [-0.39, 0.29) is 11.9 Å². The number of benzene rings is 1. The fourth-order valence-corrected chi connectivity index (χ4v) is 1.91. The van der Waals surface area contributed by atoms with Gasteiger partial charge in [-0.25, -0.2) is 4.39 Å². The van der Waals surface area contributed by atoms with Crippen LogP contribution < -0.4 is 5.73 Å². The normalized spacial score (nSPS) is 17.6. The largest absolute Gasteiger partial charge is 0.501 e. The summed E-state index contributed by atoms with van der Waals surface area (Å²) in [5.41, 5.74) is 8.59. The van der Waals surface area contributed by atoms with E-state index in [2.05, 4.69) is 0 Å². The number of halogens is 1. The van der Waals surface area contributed by atoms with E-state index in [1.807, 2.05) is 6.92 Å². The van der Waals surface area contributed by atoms with Crippen LogP contribution in [0.25, 0.3) is 0 Å². The standard InChI is InChI=1S/C13H16FNO/c1-9-4-5-12(14)11(7-9)13(15)10-3-2-6-16-8-10/h4-5,7-8,13H,2-3,6,15H2,1H3. The van der Waals surface area contributed by atoms with Gasteiger partial charge in [0.05, 0.1) is 18.9 Å². The lowest BCUT2D eigenvalue weighted by atomic mass is 9.95. The zero-order valence-corrected chi connectivity index (χ0v) is 9.37. The van der Waals surface area contributed by atoms with E-state index < -0.39 is 0 Å². The van der Waals surface area contributed by atoms with Gasteiger partial charge in [-0.1, -0.05) is 17.7 Å². The second kappa shape index (κ2) is 4.66. The van der Waals surface area contributed by atoms with E-state index in [1.54, 1.807) is 18.4 Å². The number of rotatable bonds is 2. The van der Waals surface area contributed by atoms with Crippen molar-refractivity contribution in [3.63, 3.8) is 0 Å². The molecule has 0 bridgehead atoms. The summed E-state index contributed by atoms with van der Waals surface area (Å²) in [6, 6.07) is 4.63. The summed E-state index contributed by atoms with van der Waals surface area (Å²) in [7, 11) is 0. The average molecular weight is 221 g/mol. The van der Waals surface area contributed by atoms with Crippen LogP contribution in [0.4, 0.5) is 4.39 Å². The molecule has 2 N–H and O–H groups in total. The van der Waals surface area contributed by atoms with Crippen molar-refractivity contribution < 1.29 is 9.13 Å². The highest BCUT2D eigenvalue weighted by atomic mass is 19.1. The van der Waals surface area contributed by atoms with Gasteiger partial charge in [-0.05, 0) is 31.4 Å². The van der Waals surface area contributed by atoms with E-state index in [9.17, 15) is 4.39 Å². The Morgan fingerprint density at radius 2 is 2.25 bits per heavy atom. The van der Waals surface area contributed by atoms with Crippen LogP contribution in [0.15, 0.2) is 30.0 Å². The van der Waals surface area contributed by atoms with E-state index in [1.165, 1.54) is 6.07 Å². The minimum absolute atomic E-state index is 0.246. The molecule has 0 fully saturated rings. The molecule has 1 aromatic rings. The first kappa shape index (κ1) is 11.1. The predicted octanol–water partition coefficient (Wildman–Crippen LogP) is 2.83. The van der Waals surface area contributed by atoms with Gasteiger partial charge < -0.3 is 10.5 Å². The highest BCUT2D eigenvalue weighted by molar-refractivity contribution is 5.32. The Kier molecular flexibility index (Phi) is 3.25. The third-order valence-electron chi connectivity index (χ3n) is 2.85. The first-order valence-electron chi connectivity index (χ1n) is 5.50. The van der Waals surface area contributed by atoms with Crippen molar-refractivity contribution in [2.24, 2.45) is 5.73 Å². The van der Waals surface area contributed by atoms with Crippen LogP contribution in [-0.2, 0) is 4.74 Å². The van der Waals surface area contributed by atoms with Crippen LogP contribution in [-0.4, -0.2) is 6.61 Å². The summed E-state index contributed by atoms with van der Waals surface area (Å²) in [6.45, 7) is 2.66. The molecule has 0 spiro atoms. The number of hydrogen-bond donors (Lipinski definition) is 1.